The Morgan fingerprint density at radius 3 is 2.50 bits per heavy atom. The molecular formula is C17H18F4N5O2ReS-. The molecule has 1 aromatic carbocycles. The maximum Gasteiger partial charge on any atom is 0.416 e. The molecular weight excluding hydrogens is 600 g/mol. The fourth-order valence-electron chi connectivity index (χ4n) is 3.07. The van der Waals surface area contributed by atoms with E-state index in [-0.39, 0.29) is 43.4 Å². The van der Waals surface area contributed by atoms with Gasteiger partial charge in [0.05, 0.1) is 11.3 Å². The first-order valence-electron chi connectivity index (χ1n) is 8.66. The number of hydrogen-bond acceptors (Lipinski definition) is 7. The Bertz CT molecular complexity index is 966. The first-order chi connectivity index (χ1) is 13.6. The van der Waals surface area contributed by atoms with Crippen LogP contribution in [0.15, 0.2) is 24.3 Å². The Hall–Kier alpha value is -1.81. The van der Waals surface area contributed by atoms with Gasteiger partial charge in [-0.1, -0.05) is 6.07 Å². The van der Waals surface area contributed by atoms with Gasteiger partial charge in [0.25, 0.3) is 0 Å². The van der Waals surface area contributed by atoms with Gasteiger partial charge in [-0.3, -0.25) is 0 Å². The number of alkyl halides is 4. The van der Waals surface area contributed by atoms with E-state index in [1.165, 1.54) is 0 Å². The van der Waals surface area contributed by atoms with Gasteiger partial charge in [-0.25, -0.2) is 4.39 Å². The molecule has 2 aromatic rings. The number of benzene rings is 1. The van der Waals surface area contributed by atoms with E-state index < -0.39 is 28.8 Å². The maximum absolute atomic E-state index is 13.5. The van der Waals surface area contributed by atoms with E-state index in [1.54, 1.807) is 13.0 Å². The molecule has 0 amide bonds. The van der Waals surface area contributed by atoms with Gasteiger partial charge in [-0.2, -0.15) is 13.2 Å². The molecule has 1 aliphatic heterocycles. The summed E-state index contributed by atoms with van der Waals surface area (Å²) in [5.74, 6) is 0.420. The average Bonchev–Trinajstić information content (AvgIpc) is 2.62. The second-order valence-electron chi connectivity index (χ2n) is 6.69. The van der Waals surface area contributed by atoms with Crippen molar-refractivity contribution in [2.45, 2.75) is 31.7 Å². The summed E-state index contributed by atoms with van der Waals surface area (Å²) in [6, 6.07) is 4.06. The number of nitrogens with one attached hydrogen (secondary N) is 3. The summed E-state index contributed by atoms with van der Waals surface area (Å²) in [6.07, 6.45) is -5.28. The molecule has 0 bridgehead atoms. The second-order valence-corrected chi connectivity index (χ2v) is 7.36. The van der Waals surface area contributed by atoms with Crippen molar-refractivity contribution in [3.8, 4) is 11.3 Å². The molecule has 2 unspecified atom stereocenters. The van der Waals surface area contributed by atoms with Gasteiger partial charge >= 0.3 is 6.18 Å². The zero-order valence-corrected chi connectivity index (χ0v) is 19.1. The third-order valence-electron chi connectivity index (χ3n) is 4.44. The molecule has 2 atom stereocenters. The first-order valence-corrected chi connectivity index (χ1v) is 9.74. The number of aromatic nitrogens is 2. The van der Waals surface area contributed by atoms with Crippen molar-refractivity contribution in [3.63, 3.8) is 0 Å². The van der Waals surface area contributed by atoms with E-state index >= 15 is 0 Å². The molecule has 1 aromatic heterocycles. The molecule has 1 fully saturated rings. The van der Waals surface area contributed by atoms with E-state index in [0.717, 1.165) is 12.1 Å². The predicted molar refractivity (Wildman–Crippen MR) is 99.4 cm³/mol. The van der Waals surface area contributed by atoms with Crippen LogP contribution in [-0.4, -0.2) is 35.5 Å². The molecule has 1 saturated heterocycles. The predicted octanol–water partition coefficient (Wildman–Crippen LogP) is 3.22. The summed E-state index contributed by atoms with van der Waals surface area (Å²) in [4.78, 5) is 0. The Kier molecular flexibility index (Phi) is 8.15. The van der Waals surface area contributed by atoms with Crippen LogP contribution < -0.4 is 15.4 Å². The zero-order valence-electron chi connectivity index (χ0n) is 15.6. The standard InChI is InChI=1S/C17H18F4N5O2S.Re/c1-9-4-14(24-25-16(9)23-12-6-11(18)7-22-8-12)13-3-2-10(17(19,20)21)5-15(13)26-29(27)28;/h2-5,11-12,22H,6-8H2,1H3,(H,23,25)(H,26,27,28);/q-1;. The molecule has 0 aliphatic carbocycles. The van der Waals surface area contributed by atoms with Gasteiger partial charge in [0.15, 0.2) is 5.82 Å². The van der Waals surface area contributed by atoms with Gasteiger partial charge in [0, 0.05) is 68.1 Å². The summed E-state index contributed by atoms with van der Waals surface area (Å²) < 4.78 is 76.4. The molecule has 3 rings (SSSR count). The molecule has 1 radical (unpaired) electrons. The molecule has 3 N–H and O–H groups in total. The molecule has 2 heterocycles. The Balaban J connectivity index is 0.00000320. The Labute approximate surface area is 185 Å². The number of anilines is 2. The van der Waals surface area contributed by atoms with Crippen LogP contribution in [0.2, 0.25) is 0 Å². The molecule has 0 spiro atoms. The molecule has 30 heavy (non-hydrogen) atoms. The van der Waals surface area contributed by atoms with Gasteiger partial charge in [0.1, 0.15) is 6.17 Å². The van der Waals surface area contributed by atoms with Crippen LogP contribution in [0.5, 0.6) is 0 Å². The number of aryl methyl sites for hydroxylation is 1. The van der Waals surface area contributed by atoms with Crippen LogP contribution in [0.25, 0.3) is 11.3 Å². The van der Waals surface area contributed by atoms with Gasteiger partial charge in [-0.15, -0.1) is 10.2 Å². The molecule has 13 heteroatoms. The number of hydrogen-bond donors (Lipinski definition) is 3. The Morgan fingerprint density at radius 2 is 1.90 bits per heavy atom. The minimum absolute atomic E-state index is 0. The van der Waals surface area contributed by atoms with Crippen molar-refractivity contribution >= 4 is 22.4 Å². The third-order valence-corrected chi connectivity index (χ3v) is 4.82. The quantitative estimate of drug-likeness (QED) is 0.352. The number of nitrogens with zero attached hydrogens (tertiary/aromatic N) is 2. The fraction of sp³-hybridized carbons (Fsp3) is 0.412. The summed E-state index contributed by atoms with van der Waals surface area (Å²) in [6.45, 7) is 2.57. The van der Waals surface area contributed by atoms with Gasteiger partial charge in [-0.05, 0) is 30.7 Å². The molecule has 0 saturated carbocycles. The van der Waals surface area contributed by atoms with Crippen molar-refractivity contribution in [3.05, 3.63) is 35.4 Å². The van der Waals surface area contributed by atoms with Crippen LogP contribution in [0.3, 0.4) is 0 Å². The number of rotatable bonds is 5. The minimum atomic E-state index is -4.63. The molecule has 7 nitrogen and oxygen atoms in total. The van der Waals surface area contributed by atoms with E-state index in [4.69, 9.17) is 0 Å². The summed E-state index contributed by atoms with van der Waals surface area (Å²) in [5.41, 5.74) is -0.292. The second kappa shape index (κ2) is 10.00. The summed E-state index contributed by atoms with van der Waals surface area (Å²) in [5, 5.41) is 14.1. The van der Waals surface area contributed by atoms with Gasteiger partial charge in [0.2, 0.25) is 0 Å². The summed E-state index contributed by atoms with van der Waals surface area (Å²) in [7, 11) is -2.82. The largest absolute Gasteiger partial charge is 0.419 e. The van der Waals surface area contributed by atoms with E-state index in [9.17, 15) is 26.0 Å². The monoisotopic (exact) mass is 619 g/mol. The molecule has 1 aliphatic rings. The van der Waals surface area contributed by atoms with Crippen LogP contribution in [0.1, 0.15) is 17.5 Å². The van der Waals surface area contributed by atoms with Gasteiger partial charge < -0.3 is 23.8 Å². The van der Waals surface area contributed by atoms with Crippen molar-refractivity contribution in [1.82, 2.24) is 15.5 Å². The fourth-order valence-corrected chi connectivity index (χ4v) is 3.42. The average molecular weight is 619 g/mol. The third kappa shape index (κ3) is 6.10. The number of halogens is 4. The van der Waals surface area contributed by atoms with E-state index in [2.05, 4.69) is 20.8 Å². The number of piperidine rings is 1. The van der Waals surface area contributed by atoms with Crippen molar-refractivity contribution in [2.24, 2.45) is 0 Å². The van der Waals surface area contributed by atoms with E-state index in [1.807, 2.05) is 4.72 Å². The smallest absolute Gasteiger partial charge is 0.416 e. The normalized spacial score (nSPS) is 19.3. The van der Waals surface area contributed by atoms with Crippen LogP contribution in [-0.2, 0) is 45.9 Å². The SMILES string of the molecule is Cc1cc(-c2ccc(C(F)(F)F)cc2N[S-](=O)=O)nnc1NC1CNCC(F)C1.[Re]. The first kappa shape index (κ1) is 24.5. The molecule has 165 valence electrons. The van der Waals surface area contributed by atoms with E-state index in [0.29, 0.717) is 37.0 Å². The summed E-state index contributed by atoms with van der Waals surface area (Å²) >= 11 is 0. The van der Waals surface area contributed by atoms with Crippen molar-refractivity contribution in [1.29, 1.82) is 0 Å². The van der Waals surface area contributed by atoms with Crippen molar-refractivity contribution in [2.75, 3.05) is 23.1 Å². The maximum atomic E-state index is 13.5. The van der Waals surface area contributed by atoms with Crippen molar-refractivity contribution < 1.29 is 46.4 Å². The minimum Gasteiger partial charge on any atom is -0.419 e. The topological polar surface area (TPSA) is 96.0 Å². The van der Waals surface area contributed by atoms with Crippen LogP contribution in [0.4, 0.5) is 29.1 Å². The zero-order chi connectivity index (χ0) is 21.2. The van der Waals surface area contributed by atoms with Crippen LogP contribution >= 0.6 is 0 Å². The van der Waals surface area contributed by atoms with Crippen LogP contribution in [0, 0.1) is 6.92 Å². The Morgan fingerprint density at radius 1 is 1.17 bits per heavy atom.